The Kier molecular flexibility index (Phi) is 7.62. The van der Waals surface area contributed by atoms with E-state index in [0.29, 0.717) is 19.5 Å². The van der Waals surface area contributed by atoms with E-state index in [2.05, 4.69) is 10.6 Å². The third kappa shape index (κ3) is 9.21. The van der Waals surface area contributed by atoms with Crippen LogP contribution in [0.3, 0.4) is 0 Å². The van der Waals surface area contributed by atoms with Crippen LogP contribution in [0.1, 0.15) is 33.1 Å². The van der Waals surface area contributed by atoms with Crippen LogP contribution < -0.4 is 10.6 Å². The maximum atomic E-state index is 11.2. The summed E-state index contributed by atoms with van der Waals surface area (Å²) in [5.41, 5.74) is 0. The zero-order valence-corrected chi connectivity index (χ0v) is 9.38. The molecule has 5 heteroatoms. The molecule has 0 aliphatic carbocycles. The lowest BCUT2D eigenvalue weighted by atomic mass is 10.2. The van der Waals surface area contributed by atoms with E-state index in [1.807, 2.05) is 13.8 Å². The number of carboxylic acid groups (broad SMARTS) is 1. The predicted molar refractivity (Wildman–Crippen MR) is 57.6 cm³/mol. The molecule has 1 unspecified atom stereocenters. The number of carboxylic acids is 1. The quantitative estimate of drug-likeness (QED) is 0.512. The predicted octanol–water partition coefficient (Wildman–Crippen LogP) is 0.355. The lowest BCUT2D eigenvalue weighted by Gasteiger charge is -2.11. The van der Waals surface area contributed by atoms with E-state index in [1.165, 1.54) is 0 Å². The molecule has 1 atom stereocenters. The Labute approximate surface area is 90.2 Å². The van der Waals surface area contributed by atoms with Crippen LogP contribution in [-0.4, -0.2) is 36.1 Å². The van der Waals surface area contributed by atoms with Gasteiger partial charge in [-0.05, 0) is 13.3 Å². The third-order valence-corrected chi connectivity index (χ3v) is 2.06. The Morgan fingerprint density at radius 3 is 2.40 bits per heavy atom. The fraction of sp³-hybridized carbons (Fsp3) is 0.800. The van der Waals surface area contributed by atoms with E-state index < -0.39 is 5.97 Å². The second-order valence-electron chi connectivity index (χ2n) is 3.52. The number of carbonyl (C=O) groups excluding carboxylic acids is 1. The van der Waals surface area contributed by atoms with E-state index in [9.17, 15) is 9.59 Å². The van der Waals surface area contributed by atoms with Gasteiger partial charge in [0.1, 0.15) is 0 Å². The Morgan fingerprint density at radius 1 is 1.27 bits per heavy atom. The van der Waals surface area contributed by atoms with E-state index >= 15 is 0 Å². The van der Waals surface area contributed by atoms with E-state index in [-0.39, 0.29) is 18.4 Å². The van der Waals surface area contributed by atoms with Crippen LogP contribution in [0.15, 0.2) is 0 Å². The lowest BCUT2D eigenvalue weighted by molar-refractivity contribution is -0.136. The highest BCUT2D eigenvalue weighted by atomic mass is 16.4. The average Bonchev–Trinajstić information content (AvgIpc) is 2.16. The summed E-state index contributed by atoms with van der Waals surface area (Å²) in [6.45, 7) is 4.90. The Morgan fingerprint density at radius 2 is 1.87 bits per heavy atom. The molecule has 0 saturated carbocycles. The summed E-state index contributed by atoms with van der Waals surface area (Å²) in [5.74, 6) is -0.821. The molecule has 5 nitrogen and oxygen atoms in total. The maximum absolute atomic E-state index is 11.2. The van der Waals surface area contributed by atoms with Crippen molar-refractivity contribution in [1.82, 2.24) is 10.6 Å². The molecule has 0 radical (unpaired) electrons. The van der Waals surface area contributed by atoms with Crippen LogP contribution in [0, 0.1) is 0 Å². The summed E-state index contributed by atoms with van der Waals surface area (Å²) in [7, 11) is 0. The van der Waals surface area contributed by atoms with Crippen molar-refractivity contribution in [2.24, 2.45) is 0 Å². The summed E-state index contributed by atoms with van der Waals surface area (Å²) in [4.78, 5) is 21.4. The molecule has 0 aliphatic rings. The van der Waals surface area contributed by atoms with Crippen molar-refractivity contribution >= 4 is 11.9 Å². The summed E-state index contributed by atoms with van der Waals surface area (Å²) in [5, 5.41) is 14.1. The highest BCUT2D eigenvalue weighted by Gasteiger charge is 2.04. The summed E-state index contributed by atoms with van der Waals surface area (Å²) >= 11 is 0. The minimum absolute atomic E-state index is 0.00664. The van der Waals surface area contributed by atoms with Crippen molar-refractivity contribution < 1.29 is 14.7 Å². The van der Waals surface area contributed by atoms with Crippen molar-refractivity contribution in [2.75, 3.05) is 13.1 Å². The molecule has 15 heavy (non-hydrogen) atoms. The van der Waals surface area contributed by atoms with Crippen molar-refractivity contribution in [3.8, 4) is 0 Å². The van der Waals surface area contributed by atoms with Crippen LogP contribution in [0.25, 0.3) is 0 Å². The van der Waals surface area contributed by atoms with Gasteiger partial charge in [-0.1, -0.05) is 6.92 Å². The zero-order chi connectivity index (χ0) is 11.7. The number of hydrogen-bond donors (Lipinski definition) is 3. The maximum Gasteiger partial charge on any atom is 0.304 e. The SMILES string of the molecule is CCC(C)NC(=O)CCNCCC(=O)O. The van der Waals surface area contributed by atoms with E-state index in [1.54, 1.807) is 0 Å². The molecular formula is C10H20N2O3. The molecule has 0 bridgehead atoms. The van der Waals surface area contributed by atoms with Gasteiger partial charge in [0.05, 0.1) is 6.42 Å². The normalized spacial score (nSPS) is 12.1. The van der Waals surface area contributed by atoms with Gasteiger partial charge in [0.25, 0.3) is 0 Å². The van der Waals surface area contributed by atoms with Crippen LogP contribution in [0.5, 0.6) is 0 Å². The van der Waals surface area contributed by atoms with Crippen LogP contribution in [0.2, 0.25) is 0 Å². The van der Waals surface area contributed by atoms with Crippen molar-refractivity contribution in [1.29, 1.82) is 0 Å². The number of rotatable bonds is 8. The molecule has 0 fully saturated rings. The highest BCUT2D eigenvalue weighted by Crippen LogP contribution is 1.89. The van der Waals surface area contributed by atoms with Gasteiger partial charge in [0.15, 0.2) is 0 Å². The highest BCUT2D eigenvalue weighted by molar-refractivity contribution is 5.76. The molecule has 0 heterocycles. The largest absolute Gasteiger partial charge is 0.481 e. The first-order valence-electron chi connectivity index (χ1n) is 5.28. The van der Waals surface area contributed by atoms with Crippen LogP contribution >= 0.6 is 0 Å². The molecule has 1 amide bonds. The molecule has 0 rings (SSSR count). The van der Waals surface area contributed by atoms with Crippen molar-refractivity contribution in [3.05, 3.63) is 0 Å². The molecule has 0 aromatic rings. The molecule has 0 spiro atoms. The topological polar surface area (TPSA) is 78.4 Å². The fourth-order valence-corrected chi connectivity index (χ4v) is 0.971. The van der Waals surface area contributed by atoms with Crippen molar-refractivity contribution in [3.63, 3.8) is 0 Å². The number of nitrogens with one attached hydrogen (secondary N) is 2. The third-order valence-electron chi connectivity index (χ3n) is 2.06. The number of hydrogen-bond acceptors (Lipinski definition) is 3. The monoisotopic (exact) mass is 216 g/mol. The molecule has 88 valence electrons. The number of aliphatic carboxylic acids is 1. The fourth-order valence-electron chi connectivity index (χ4n) is 0.971. The van der Waals surface area contributed by atoms with E-state index in [4.69, 9.17) is 5.11 Å². The average molecular weight is 216 g/mol. The lowest BCUT2D eigenvalue weighted by Crippen LogP contribution is -2.34. The van der Waals surface area contributed by atoms with Crippen LogP contribution in [-0.2, 0) is 9.59 Å². The zero-order valence-electron chi connectivity index (χ0n) is 9.38. The summed E-state index contributed by atoms with van der Waals surface area (Å²) < 4.78 is 0. The minimum atomic E-state index is -0.827. The van der Waals surface area contributed by atoms with Gasteiger partial charge in [0, 0.05) is 25.6 Å². The number of amides is 1. The number of carbonyl (C=O) groups is 2. The summed E-state index contributed by atoms with van der Waals surface area (Å²) in [6, 6.07) is 0.205. The van der Waals surface area contributed by atoms with Gasteiger partial charge < -0.3 is 15.7 Å². The second kappa shape index (κ2) is 8.23. The first-order valence-corrected chi connectivity index (χ1v) is 5.28. The first-order chi connectivity index (χ1) is 7.06. The molecule has 0 aliphatic heterocycles. The van der Waals surface area contributed by atoms with Gasteiger partial charge in [0.2, 0.25) is 5.91 Å². The van der Waals surface area contributed by atoms with Gasteiger partial charge in [-0.2, -0.15) is 0 Å². The summed E-state index contributed by atoms with van der Waals surface area (Å²) in [6.07, 6.45) is 1.40. The van der Waals surface area contributed by atoms with Gasteiger partial charge in [-0.3, -0.25) is 9.59 Å². The van der Waals surface area contributed by atoms with Gasteiger partial charge in [-0.25, -0.2) is 0 Å². The Balaban J connectivity index is 3.35. The van der Waals surface area contributed by atoms with Gasteiger partial charge in [-0.15, -0.1) is 0 Å². The molecular weight excluding hydrogens is 196 g/mol. The molecule has 0 aromatic heterocycles. The second-order valence-corrected chi connectivity index (χ2v) is 3.52. The Bertz CT molecular complexity index is 207. The van der Waals surface area contributed by atoms with E-state index in [0.717, 1.165) is 6.42 Å². The Hall–Kier alpha value is -1.10. The molecule has 0 aromatic carbocycles. The van der Waals surface area contributed by atoms with Gasteiger partial charge >= 0.3 is 5.97 Å². The van der Waals surface area contributed by atoms with Crippen LogP contribution in [0.4, 0.5) is 0 Å². The molecule has 0 saturated heterocycles. The standard InChI is InChI=1S/C10H20N2O3/c1-3-8(2)12-9(13)4-6-11-7-5-10(14)15/h8,11H,3-7H2,1-2H3,(H,12,13)(H,14,15). The smallest absolute Gasteiger partial charge is 0.304 e. The van der Waals surface area contributed by atoms with Crippen molar-refractivity contribution in [2.45, 2.75) is 39.2 Å². The first kappa shape index (κ1) is 13.9. The minimum Gasteiger partial charge on any atom is -0.481 e. The molecule has 3 N–H and O–H groups in total.